The quantitative estimate of drug-likeness (QED) is 0.336. The summed E-state index contributed by atoms with van der Waals surface area (Å²) < 4.78 is 13.4. The highest BCUT2D eigenvalue weighted by Gasteiger charge is 2.11. The Balaban J connectivity index is 1.35. The highest BCUT2D eigenvalue weighted by atomic mass is 16.5. The van der Waals surface area contributed by atoms with E-state index in [4.69, 9.17) is 14.5 Å². The second-order valence-electron chi connectivity index (χ2n) is 8.35. The smallest absolute Gasteiger partial charge is 0.251 e. The molecule has 176 valence electrons. The van der Waals surface area contributed by atoms with Crippen LogP contribution in [0.5, 0.6) is 11.5 Å². The standard InChI is InChI=1S/C28H31N3O3/c1-20-10-13-24(19-21(20)2)34-18-17-31-26-8-5-4-7-25(26)30-27(31)9-6-16-29-28(32)22-11-14-23(33-3)15-12-22/h4-5,7-8,10-15,19H,6,9,16-18H2,1-3H3,(H,29,32). The van der Waals surface area contributed by atoms with Crippen molar-refractivity contribution >= 4 is 16.9 Å². The minimum absolute atomic E-state index is 0.0852. The van der Waals surface area contributed by atoms with Gasteiger partial charge in [0.2, 0.25) is 0 Å². The van der Waals surface area contributed by atoms with Gasteiger partial charge in [-0.05, 0) is 79.9 Å². The van der Waals surface area contributed by atoms with E-state index >= 15 is 0 Å². The van der Waals surface area contributed by atoms with Gasteiger partial charge in [0, 0.05) is 18.5 Å². The van der Waals surface area contributed by atoms with Crippen LogP contribution in [0.2, 0.25) is 0 Å². The van der Waals surface area contributed by atoms with E-state index in [1.165, 1.54) is 11.1 Å². The van der Waals surface area contributed by atoms with E-state index in [2.05, 4.69) is 41.9 Å². The van der Waals surface area contributed by atoms with Gasteiger partial charge in [0.05, 0.1) is 24.7 Å². The zero-order chi connectivity index (χ0) is 23.9. The number of fused-ring (bicyclic) bond motifs is 1. The molecule has 0 saturated heterocycles. The number of methoxy groups -OCH3 is 1. The summed E-state index contributed by atoms with van der Waals surface area (Å²) in [5, 5.41) is 2.99. The van der Waals surface area contributed by atoms with E-state index in [1.807, 2.05) is 24.3 Å². The first kappa shape index (κ1) is 23.4. The number of amides is 1. The van der Waals surface area contributed by atoms with Crippen molar-refractivity contribution in [3.05, 3.63) is 89.2 Å². The summed E-state index contributed by atoms with van der Waals surface area (Å²) >= 11 is 0. The van der Waals surface area contributed by atoms with Crippen LogP contribution in [-0.2, 0) is 13.0 Å². The van der Waals surface area contributed by atoms with Gasteiger partial charge in [-0.15, -0.1) is 0 Å². The number of carbonyl (C=O) groups is 1. The molecule has 0 aliphatic rings. The third-order valence-corrected chi connectivity index (χ3v) is 6.01. The SMILES string of the molecule is COc1ccc(C(=O)NCCCc2nc3ccccc3n2CCOc2ccc(C)c(C)c2)cc1. The molecule has 3 aromatic carbocycles. The van der Waals surface area contributed by atoms with Crippen molar-refractivity contribution in [3.8, 4) is 11.5 Å². The van der Waals surface area contributed by atoms with Crippen molar-refractivity contribution in [2.24, 2.45) is 0 Å². The molecule has 0 aliphatic heterocycles. The predicted molar refractivity (Wildman–Crippen MR) is 135 cm³/mol. The van der Waals surface area contributed by atoms with Crippen molar-refractivity contribution in [2.45, 2.75) is 33.2 Å². The molecule has 0 spiro atoms. The summed E-state index contributed by atoms with van der Waals surface area (Å²) in [7, 11) is 1.61. The number of aryl methyl sites for hydroxylation is 3. The highest BCUT2D eigenvalue weighted by molar-refractivity contribution is 5.94. The summed E-state index contributed by atoms with van der Waals surface area (Å²) in [6.07, 6.45) is 1.56. The summed E-state index contributed by atoms with van der Waals surface area (Å²) in [6.45, 7) is 6.04. The van der Waals surface area contributed by atoms with Gasteiger partial charge in [0.25, 0.3) is 5.91 Å². The van der Waals surface area contributed by atoms with E-state index < -0.39 is 0 Å². The Hall–Kier alpha value is -3.80. The monoisotopic (exact) mass is 457 g/mol. The fourth-order valence-electron chi connectivity index (χ4n) is 3.92. The molecule has 6 nitrogen and oxygen atoms in total. The molecule has 34 heavy (non-hydrogen) atoms. The number of aromatic nitrogens is 2. The molecule has 0 fully saturated rings. The van der Waals surface area contributed by atoms with Crippen LogP contribution in [0.15, 0.2) is 66.7 Å². The molecular weight excluding hydrogens is 426 g/mol. The molecule has 1 heterocycles. The number of benzene rings is 3. The predicted octanol–water partition coefficient (Wildman–Crippen LogP) is 5.10. The van der Waals surface area contributed by atoms with Crippen molar-refractivity contribution in [3.63, 3.8) is 0 Å². The van der Waals surface area contributed by atoms with Crippen molar-refractivity contribution in [1.29, 1.82) is 0 Å². The summed E-state index contributed by atoms with van der Waals surface area (Å²) in [6, 6.07) is 21.4. The van der Waals surface area contributed by atoms with Gasteiger partial charge < -0.3 is 19.4 Å². The van der Waals surface area contributed by atoms with Crippen molar-refractivity contribution in [2.75, 3.05) is 20.3 Å². The molecule has 0 atom stereocenters. The molecule has 4 aromatic rings. The molecule has 0 aliphatic carbocycles. The molecule has 1 aromatic heterocycles. The number of hydrogen-bond donors (Lipinski definition) is 1. The molecule has 4 rings (SSSR count). The summed E-state index contributed by atoms with van der Waals surface area (Å²) in [4.78, 5) is 17.2. The minimum Gasteiger partial charge on any atom is -0.497 e. The molecule has 1 amide bonds. The third-order valence-electron chi connectivity index (χ3n) is 6.01. The van der Waals surface area contributed by atoms with Crippen molar-refractivity contribution < 1.29 is 14.3 Å². The van der Waals surface area contributed by atoms with Gasteiger partial charge in [-0.3, -0.25) is 4.79 Å². The third kappa shape index (κ3) is 5.57. The lowest BCUT2D eigenvalue weighted by Crippen LogP contribution is -2.25. The topological polar surface area (TPSA) is 65.4 Å². The first-order valence-corrected chi connectivity index (χ1v) is 11.6. The largest absolute Gasteiger partial charge is 0.497 e. The second-order valence-corrected chi connectivity index (χ2v) is 8.35. The number of para-hydroxylation sites is 2. The van der Waals surface area contributed by atoms with Crippen LogP contribution >= 0.6 is 0 Å². The van der Waals surface area contributed by atoms with E-state index in [0.29, 0.717) is 25.3 Å². The highest BCUT2D eigenvalue weighted by Crippen LogP contribution is 2.19. The first-order valence-electron chi connectivity index (χ1n) is 11.6. The van der Waals surface area contributed by atoms with Gasteiger partial charge in [0.15, 0.2) is 0 Å². The summed E-state index contributed by atoms with van der Waals surface area (Å²) in [5.41, 5.74) is 5.18. The summed E-state index contributed by atoms with van der Waals surface area (Å²) in [5.74, 6) is 2.54. The lowest BCUT2D eigenvalue weighted by atomic mass is 10.1. The Morgan fingerprint density at radius 1 is 0.971 bits per heavy atom. The minimum atomic E-state index is -0.0852. The Labute approximate surface area is 200 Å². The molecule has 0 bridgehead atoms. The van der Waals surface area contributed by atoms with Crippen LogP contribution in [0.25, 0.3) is 11.0 Å². The van der Waals surface area contributed by atoms with Crippen LogP contribution < -0.4 is 14.8 Å². The maximum atomic E-state index is 12.4. The number of ether oxygens (including phenoxy) is 2. The van der Waals surface area contributed by atoms with E-state index in [1.54, 1.807) is 31.4 Å². The number of hydrogen-bond acceptors (Lipinski definition) is 4. The Morgan fingerprint density at radius 3 is 2.50 bits per heavy atom. The maximum absolute atomic E-state index is 12.4. The average Bonchev–Trinajstić information content (AvgIpc) is 3.21. The van der Waals surface area contributed by atoms with Gasteiger partial charge in [-0.2, -0.15) is 0 Å². The maximum Gasteiger partial charge on any atom is 0.251 e. The van der Waals surface area contributed by atoms with Crippen molar-refractivity contribution in [1.82, 2.24) is 14.9 Å². The molecular formula is C28H31N3O3. The number of rotatable bonds is 10. The van der Waals surface area contributed by atoms with E-state index in [0.717, 1.165) is 41.2 Å². The Morgan fingerprint density at radius 2 is 1.74 bits per heavy atom. The fourth-order valence-corrected chi connectivity index (χ4v) is 3.92. The molecule has 0 saturated carbocycles. The number of nitrogens with one attached hydrogen (secondary N) is 1. The molecule has 0 radical (unpaired) electrons. The Kier molecular flexibility index (Phi) is 7.48. The molecule has 0 unspecified atom stereocenters. The van der Waals surface area contributed by atoms with E-state index in [9.17, 15) is 4.79 Å². The van der Waals surface area contributed by atoms with E-state index in [-0.39, 0.29) is 5.91 Å². The molecule has 1 N–H and O–H groups in total. The van der Waals surface area contributed by atoms with Crippen LogP contribution in [0.1, 0.15) is 33.7 Å². The first-order chi connectivity index (χ1) is 16.5. The van der Waals surface area contributed by atoms with Crippen LogP contribution in [0.4, 0.5) is 0 Å². The Bertz CT molecular complexity index is 1260. The van der Waals surface area contributed by atoms with Gasteiger partial charge in [-0.1, -0.05) is 18.2 Å². The average molecular weight is 458 g/mol. The molecule has 6 heteroatoms. The van der Waals surface area contributed by atoms with Crippen LogP contribution in [-0.4, -0.2) is 35.7 Å². The van der Waals surface area contributed by atoms with Gasteiger partial charge in [-0.25, -0.2) is 4.98 Å². The fraction of sp³-hybridized carbons (Fsp3) is 0.286. The lowest BCUT2D eigenvalue weighted by Gasteiger charge is -2.12. The number of carbonyl (C=O) groups excluding carboxylic acids is 1. The van der Waals surface area contributed by atoms with Gasteiger partial charge in [0.1, 0.15) is 23.9 Å². The number of nitrogens with zero attached hydrogens (tertiary/aromatic N) is 2. The zero-order valence-corrected chi connectivity index (χ0v) is 20.0. The van der Waals surface area contributed by atoms with Crippen LogP contribution in [0.3, 0.4) is 0 Å². The second kappa shape index (κ2) is 10.9. The normalized spacial score (nSPS) is 10.9. The van der Waals surface area contributed by atoms with Crippen LogP contribution in [0, 0.1) is 13.8 Å². The van der Waals surface area contributed by atoms with Gasteiger partial charge >= 0.3 is 0 Å². The lowest BCUT2D eigenvalue weighted by molar-refractivity contribution is 0.0953. The number of imidazole rings is 1. The zero-order valence-electron chi connectivity index (χ0n) is 20.0.